The second kappa shape index (κ2) is 3.08. The average molecular weight is 204 g/mol. The summed E-state index contributed by atoms with van der Waals surface area (Å²) < 4.78 is 1.81. The van der Waals surface area contributed by atoms with Crippen LogP contribution in [0.4, 0.5) is 0 Å². The summed E-state index contributed by atoms with van der Waals surface area (Å²) in [6.07, 6.45) is 1.70. The summed E-state index contributed by atoms with van der Waals surface area (Å²) in [5, 5.41) is 9.90. The molecule has 0 radical (unpaired) electrons. The summed E-state index contributed by atoms with van der Waals surface area (Å²) in [5.41, 5.74) is 2.77. The van der Waals surface area contributed by atoms with Gasteiger partial charge in [0, 0.05) is 24.3 Å². The highest BCUT2D eigenvalue weighted by Crippen LogP contribution is 2.25. The van der Waals surface area contributed by atoms with Crippen LogP contribution in [0.3, 0.4) is 0 Å². The molecule has 0 saturated heterocycles. The van der Waals surface area contributed by atoms with Gasteiger partial charge in [-0.15, -0.1) is 0 Å². The van der Waals surface area contributed by atoms with E-state index in [1.807, 2.05) is 24.6 Å². The number of carboxylic acids is 1. The molecule has 0 amide bonds. The molecule has 4 heteroatoms. The fourth-order valence-corrected chi connectivity index (χ4v) is 1.88. The summed E-state index contributed by atoms with van der Waals surface area (Å²) >= 11 is 0. The number of aromatic nitrogens is 2. The molecule has 0 fully saturated rings. The van der Waals surface area contributed by atoms with Crippen molar-refractivity contribution in [2.24, 2.45) is 7.05 Å². The summed E-state index contributed by atoms with van der Waals surface area (Å²) in [7, 11) is 1.83. The van der Waals surface area contributed by atoms with Crippen molar-refractivity contribution in [2.75, 3.05) is 0 Å². The summed E-state index contributed by atoms with van der Waals surface area (Å²) in [5.74, 6) is -0.894. The van der Waals surface area contributed by atoms with Gasteiger partial charge in [0.25, 0.3) is 0 Å². The number of aryl methyl sites for hydroxylation is 2. The van der Waals surface area contributed by atoms with Crippen LogP contribution in [0.5, 0.6) is 0 Å². The van der Waals surface area contributed by atoms with Crippen molar-refractivity contribution in [2.45, 2.75) is 13.8 Å². The zero-order valence-electron chi connectivity index (χ0n) is 8.90. The van der Waals surface area contributed by atoms with Crippen molar-refractivity contribution in [3.63, 3.8) is 0 Å². The van der Waals surface area contributed by atoms with Crippen molar-refractivity contribution < 1.29 is 9.90 Å². The van der Waals surface area contributed by atoms with Crippen molar-refractivity contribution in [1.29, 1.82) is 0 Å². The highest BCUT2D eigenvalue weighted by Gasteiger charge is 2.19. The Bertz CT molecular complexity index is 555. The van der Waals surface area contributed by atoms with Gasteiger partial charge in [-0.25, -0.2) is 9.78 Å². The van der Waals surface area contributed by atoms with Crippen molar-refractivity contribution in [3.8, 4) is 0 Å². The number of pyridine rings is 1. The molecule has 1 N–H and O–H groups in total. The smallest absolute Gasteiger partial charge is 0.338 e. The van der Waals surface area contributed by atoms with Gasteiger partial charge in [-0.3, -0.25) is 0 Å². The van der Waals surface area contributed by atoms with Crippen LogP contribution >= 0.6 is 0 Å². The molecular weight excluding hydrogens is 192 g/mol. The Kier molecular flexibility index (Phi) is 2.00. The van der Waals surface area contributed by atoms with Gasteiger partial charge < -0.3 is 9.67 Å². The molecule has 0 saturated carbocycles. The molecule has 0 bridgehead atoms. The van der Waals surface area contributed by atoms with E-state index in [0.717, 1.165) is 22.3 Å². The van der Waals surface area contributed by atoms with E-state index in [2.05, 4.69) is 4.98 Å². The fourth-order valence-electron chi connectivity index (χ4n) is 1.88. The topological polar surface area (TPSA) is 55.1 Å². The van der Waals surface area contributed by atoms with E-state index in [1.54, 1.807) is 13.1 Å². The molecule has 0 spiro atoms. The van der Waals surface area contributed by atoms with Crippen LogP contribution in [0.15, 0.2) is 12.3 Å². The SMILES string of the molecule is Cc1ccnc2c1c(C(=O)O)c(C)n2C. The number of nitrogens with zero attached hydrogens (tertiary/aromatic N) is 2. The number of carboxylic acid groups (broad SMARTS) is 1. The third-order valence-corrected chi connectivity index (χ3v) is 2.79. The average Bonchev–Trinajstić information content (AvgIpc) is 2.43. The van der Waals surface area contributed by atoms with Gasteiger partial charge in [0.15, 0.2) is 0 Å². The summed E-state index contributed by atoms with van der Waals surface area (Å²) in [6, 6.07) is 1.83. The minimum absolute atomic E-state index is 0.359. The highest BCUT2D eigenvalue weighted by atomic mass is 16.4. The molecule has 2 rings (SSSR count). The molecule has 0 unspecified atom stereocenters. The first kappa shape index (κ1) is 9.71. The normalized spacial score (nSPS) is 10.9. The molecular formula is C11H12N2O2. The van der Waals surface area contributed by atoms with Gasteiger partial charge in [-0.05, 0) is 25.5 Å². The molecule has 4 nitrogen and oxygen atoms in total. The highest BCUT2D eigenvalue weighted by molar-refractivity contribution is 6.05. The van der Waals surface area contributed by atoms with Crippen LogP contribution < -0.4 is 0 Å². The molecule has 0 aliphatic rings. The van der Waals surface area contributed by atoms with Crippen LogP contribution in [0.2, 0.25) is 0 Å². The number of rotatable bonds is 1. The third kappa shape index (κ3) is 1.21. The Morgan fingerprint density at radius 1 is 1.47 bits per heavy atom. The number of carbonyl (C=O) groups is 1. The second-order valence-corrected chi connectivity index (χ2v) is 3.65. The van der Waals surface area contributed by atoms with Gasteiger partial charge >= 0.3 is 5.97 Å². The van der Waals surface area contributed by atoms with Gasteiger partial charge in [0.2, 0.25) is 0 Å². The molecule has 15 heavy (non-hydrogen) atoms. The maximum atomic E-state index is 11.2. The van der Waals surface area contributed by atoms with Crippen molar-refractivity contribution in [1.82, 2.24) is 9.55 Å². The van der Waals surface area contributed by atoms with E-state index >= 15 is 0 Å². The standard InChI is InChI=1S/C11H12N2O2/c1-6-4-5-12-10-8(6)9(11(14)15)7(2)13(10)3/h4-5H,1-3H3,(H,14,15). The maximum Gasteiger partial charge on any atom is 0.338 e. The molecule has 0 aliphatic carbocycles. The Morgan fingerprint density at radius 3 is 2.73 bits per heavy atom. The summed E-state index contributed by atoms with van der Waals surface area (Å²) in [4.78, 5) is 15.4. The first-order chi connectivity index (χ1) is 7.04. The molecule has 0 aromatic carbocycles. The number of fused-ring (bicyclic) bond motifs is 1. The van der Waals surface area contributed by atoms with Crippen molar-refractivity contribution >= 4 is 17.0 Å². The Balaban J connectivity index is 3.02. The Hall–Kier alpha value is -1.84. The molecule has 0 aliphatic heterocycles. The lowest BCUT2D eigenvalue weighted by Gasteiger charge is -1.97. The van der Waals surface area contributed by atoms with E-state index in [4.69, 9.17) is 5.11 Å². The van der Waals surface area contributed by atoms with Crippen molar-refractivity contribution in [3.05, 3.63) is 29.1 Å². The first-order valence-electron chi connectivity index (χ1n) is 4.68. The Labute approximate surface area is 87.2 Å². The quantitative estimate of drug-likeness (QED) is 0.771. The second-order valence-electron chi connectivity index (χ2n) is 3.65. The number of hydrogen-bond donors (Lipinski definition) is 1. The van der Waals surface area contributed by atoms with Crippen LogP contribution in [0, 0.1) is 13.8 Å². The van der Waals surface area contributed by atoms with E-state index < -0.39 is 5.97 Å². The number of hydrogen-bond acceptors (Lipinski definition) is 2. The zero-order valence-corrected chi connectivity index (χ0v) is 8.90. The summed E-state index contributed by atoms with van der Waals surface area (Å²) in [6.45, 7) is 3.69. The first-order valence-corrected chi connectivity index (χ1v) is 4.68. The Morgan fingerprint density at radius 2 is 2.13 bits per heavy atom. The molecule has 2 aromatic heterocycles. The molecule has 2 aromatic rings. The van der Waals surface area contributed by atoms with Crippen LogP contribution in [-0.2, 0) is 7.05 Å². The lowest BCUT2D eigenvalue weighted by Crippen LogP contribution is -1.99. The molecule has 0 atom stereocenters. The predicted octanol–water partition coefficient (Wildman–Crippen LogP) is 1.89. The number of aromatic carboxylic acids is 1. The third-order valence-electron chi connectivity index (χ3n) is 2.79. The molecule has 78 valence electrons. The predicted molar refractivity (Wildman–Crippen MR) is 57.1 cm³/mol. The largest absolute Gasteiger partial charge is 0.478 e. The lowest BCUT2D eigenvalue weighted by molar-refractivity contribution is 0.0698. The maximum absolute atomic E-state index is 11.2. The van der Waals surface area contributed by atoms with Crippen LogP contribution in [0.25, 0.3) is 11.0 Å². The van der Waals surface area contributed by atoms with E-state index in [0.29, 0.717) is 5.56 Å². The van der Waals surface area contributed by atoms with E-state index in [9.17, 15) is 4.79 Å². The minimum atomic E-state index is -0.894. The van der Waals surface area contributed by atoms with Gasteiger partial charge in [0.1, 0.15) is 5.65 Å². The van der Waals surface area contributed by atoms with Crippen LogP contribution in [-0.4, -0.2) is 20.6 Å². The van der Waals surface area contributed by atoms with Gasteiger partial charge in [-0.2, -0.15) is 0 Å². The fraction of sp³-hybridized carbons (Fsp3) is 0.273. The van der Waals surface area contributed by atoms with Gasteiger partial charge in [-0.1, -0.05) is 0 Å². The zero-order chi connectivity index (χ0) is 11.2. The van der Waals surface area contributed by atoms with Crippen LogP contribution in [0.1, 0.15) is 21.6 Å². The molecule has 2 heterocycles. The van der Waals surface area contributed by atoms with E-state index in [-0.39, 0.29) is 0 Å². The van der Waals surface area contributed by atoms with Gasteiger partial charge in [0.05, 0.1) is 5.56 Å². The minimum Gasteiger partial charge on any atom is -0.478 e. The lowest BCUT2D eigenvalue weighted by atomic mass is 10.1. The van der Waals surface area contributed by atoms with E-state index in [1.165, 1.54) is 0 Å². The monoisotopic (exact) mass is 204 g/mol.